The van der Waals surface area contributed by atoms with Crippen molar-refractivity contribution >= 4 is 11.6 Å². The number of carbonyl (C=O) groups is 1. The van der Waals surface area contributed by atoms with Gasteiger partial charge in [0.2, 0.25) is 5.91 Å². The summed E-state index contributed by atoms with van der Waals surface area (Å²) in [6.07, 6.45) is 0. The van der Waals surface area contributed by atoms with Crippen LogP contribution in [-0.4, -0.2) is 20.0 Å². The molecule has 0 aliphatic rings. The Balaban J connectivity index is 0.00000196. The van der Waals surface area contributed by atoms with E-state index in [1.807, 2.05) is 24.3 Å². The molecule has 0 bridgehead atoms. The van der Waals surface area contributed by atoms with E-state index in [0.717, 1.165) is 12.2 Å². The molecule has 1 rings (SSSR count). The van der Waals surface area contributed by atoms with Crippen LogP contribution in [0, 0.1) is 0 Å². The maximum absolute atomic E-state index is 10.8. The van der Waals surface area contributed by atoms with Gasteiger partial charge in [0.25, 0.3) is 0 Å². The van der Waals surface area contributed by atoms with E-state index in [0.29, 0.717) is 0 Å². The van der Waals surface area contributed by atoms with Crippen molar-refractivity contribution < 1.29 is 22.1 Å². The van der Waals surface area contributed by atoms with E-state index in [4.69, 9.17) is 0 Å². The van der Waals surface area contributed by atoms with Crippen LogP contribution in [0.1, 0.15) is 12.5 Å². The van der Waals surface area contributed by atoms with Crippen LogP contribution >= 0.6 is 0 Å². The Hall–Kier alpha value is -1.06. The van der Waals surface area contributed by atoms with Crippen LogP contribution in [0.3, 0.4) is 0 Å². The number of hydrogen-bond acceptors (Lipinski definition) is 1. The van der Waals surface area contributed by atoms with Gasteiger partial charge in [0.15, 0.2) is 0 Å². The summed E-state index contributed by atoms with van der Waals surface area (Å²) in [7, 11) is 4.23. The third-order valence-corrected chi connectivity index (χ3v) is 1.83. The van der Waals surface area contributed by atoms with Crippen LogP contribution in [-0.2, 0) is 11.3 Å². The van der Waals surface area contributed by atoms with E-state index in [1.54, 1.807) is 0 Å². The highest BCUT2D eigenvalue weighted by molar-refractivity contribution is 5.88. The van der Waals surface area contributed by atoms with Crippen molar-refractivity contribution in [3.8, 4) is 0 Å². The Labute approximate surface area is 96.9 Å². The molecule has 4 heteroatoms. The van der Waals surface area contributed by atoms with Crippen LogP contribution in [0.25, 0.3) is 0 Å². The van der Waals surface area contributed by atoms with Crippen molar-refractivity contribution in [1.29, 1.82) is 0 Å². The smallest absolute Gasteiger partial charge is 0.221 e. The number of nitrogens with one attached hydrogen (secondary N) is 2. The Bertz CT molecular complexity index is 309. The molecule has 0 radical (unpaired) electrons. The maximum Gasteiger partial charge on any atom is 0.221 e. The van der Waals surface area contributed by atoms with Crippen molar-refractivity contribution in [3.63, 3.8) is 0 Å². The first-order valence-corrected chi connectivity index (χ1v) is 4.73. The molecule has 0 spiro atoms. The number of amides is 1. The predicted molar refractivity (Wildman–Crippen MR) is 57.3 cm³/mol. The average molecular weight is 229 g/mol. The van der Waals surface area contributed by atoms with Crippen molar-refractivity contribution in [1.82, 2.24) is 0 Å². The number of rotatable bonds is 3. The average Bonchev–Trinajstić information content (AvgIpc) is 2.06. The minimum absolute atomic E-state index is 0. The number of benzene rings is 1. The number of carbonyl (C=O) groups excluding carboxylic acids is 1. The van der Waals surface area contributed by atoms with Crippen LogP contribution in [0.15, 0.2) is 24.3 Å². The Kier molecular flexibility index (Phi) is 5.97. The van der Waals surface area contributed by atoms with Gasteiger partial charge >= 0.3 is 0 Å². The Morgan fingerprint density at radius 2 is 1.80 bits per heavy atom. The first-order chi connectivity index (χ1) is 6.58. The minimum Gasteiger partial charge on any atom is -1.00 e. The predicted octanol–water partition coefficient (Wildman–Crippen LogP) is -2.71. The zero-order chi connectivity index (χ0) is 10.6. The summed E-state index contributed by atoms with van der Waals surface area (Å²) in [5, 5.41) is 2.74. The van der Waals surface area contributed by atoms with E-state index in [9.17, 15) is 4.79 Å². The van der Waals surface area contributed by atoms with Crippen LogP contribution in [0.2, 0.25) is 0 Å². The van der Waals surface area contributed by atoms with E-state index < -0.39 is 0 Å². The van der Waals surface area contributed by atoms with E-state index in [-0.39, 0.29) is 18.3 Å². The lowest BCUT2D eigenvalue weighted by atomic mass is 10.2. The monoisotopic (exact) mass is 228 g/mol. The highest BCUT2D eigenvalue weighted by atomic mass is 35.5. The molecule has 2 N–H and O–H groups in total. The second kappa shape index (κ2) is 6.43. The van der Waals surface area contributed by atoms with Gasteiger partial charge in [-0.25, -0.2) is 0 Å². The number of quaternary nitrogens is 1. The zero-order valence-electron chi connectivity index (χ0n) is 9.30. The second-order valence-corrected chi connectivity index (χ2v) is 3.76. The molecule has 1 aromatic rings. The highest BCUT2D eigenvalue weighted by Crippen LogP contribution is 2.08. The third-order valence-electron chi connectivity index (χ3n) is 1.83. The summed E-state index contributed by atoms with van der Waals surface area (Å²) >= 11 is 0. The van der Waals surface area contributed by atoms with Gasteiger partial charge in [-0.1, -0.05) is 12.1 Å². The first kappa shape index (κ1) is 13.9. The molecule has 0 saturated heterocycles. The Morgan fingerprint density at radius 1 is 1.27 bits per heavy atom. The largest absolute Gasteiger partial charge is 1.00 e. The standard InChI is InChI=1S/C11H16N2O.ClH/c1-9(14)12-11-6-4-10(5-7-11)8-13(2)3;/h4-7H,8H2,1-3H3,(H,12,14);1H. The summed E-state index contributed by atoms with van der Waals surface area (Å²) in [4.78, 5) is 12.1. The lowest BCUT2D eigenvalue weighted by Gasteiger charge is -2.07. The summed E-state index contributed by atoms with van der Waals surface area (Å²) in [5.74, 6) is -0.0315. The van der Waals surface area contributed by atoms with Gasteiger partial charge < -0.3 is 22.6 Å². The molecule has 1 amide bonds. The summed E-state index contributed by atoms with van der Waals surface area (Å²) in [6.45, 7) is 2.51. The molecular weight excluding hydrogens is 212 g/mol. The summed E-state index contributed by atoms with van der Waals surface area (Å²) in [6, 6.07) is 7.94. The molecule has 0 atom stereocenters. The highest BCUT2D eigenvalue weighted by Gasteiger charge is 1.99. The number of halogens is 1. The van der Waals surface area contributed by atoms with Gasteiger partial charge in [-0.2, -0.15) is 0 Å². The van der Waals surface area contributed by atoms with Crippen molar-refractivity contribution in [2.75, 3.05) is 19.4 Å². The van der Waals surface area contributed by atoms with Crippen LogP contribution in [0.5, 0.6) is 0 Å². The molecule has 0 heterocycles. The number of hydrogen-bond donors (Lipinski definition) is 2. The van der Waals surface area contributed by atoms with Crippen LogP contribution in [0.4, 0.5) is 5.69 Å². The molecule has 0 fully saturated rings. The fraction of sp³-hybridized carbons (Fsp3) is 0.364. The summed E-state index contributed by atoms with van der Waals surface area (Å²) < 4.78 is 0. The third kappa shape index (κ3) is 5.40. The van der Waals surface area contributed by atoms with Gasteiger partial charge in [-0.3, -0.25) is 4.79 Å². The normalized spacial score (nSPS) is 9.60. The maximum atomic E-state index is 10.8. The molecule has 3 nitrogen and oxygen atoms in total. The fourth-order valence-corrected chi connectivity index (χ4v) is 1.32. The minimum atomic E-state index is -0.0315. The van der Waals surface area contributed by atoms with E-state index in [2.05, 4.69) is 19.4 Å². The fourth-order valence-electron chi connectivity index (χ4n) is 1.32. The Morgan fingerprint density at radius 3 is 2.20 bits per heavy atom. The van der Waals surface area contributed by atoms with Gasteiger partial charge in [0.1, 0.15) is 6.54 Å². The lowest BCUT2D eigenvalue weighted by Crippen LogP contribution is -3.04. The zero-order valence-corrected chi connectivity index (χ0v) is 10.1. The molecule has 0 aliphatic heterocycles. The molecule has 84 valence electrons. The van der Waals surface area contributed by atoms with Crippen LogP contribution < -0.4 is 22.6 Å². The summed E-state index contributed by atoms with van der Waals surface area (Å²) in [5.41, 5.74) is 2.13. The molecule has 0 saturated carbocycles. The second-order valence-electron chi connectivity index (χ2n) is 3.76. The molecule has 1 aromatic carbocycles. The molecular formula is C11H17ClN2O. The molecule has 0 aliphatic carbocycles. The van der Waals surface area contributed by atoms with E-state index >= 15 is 0 Å². The number of anilines is 1. The van der Waals surface area contributed by atoms with Gasteiger partial charge in [-0.05, 0) is 12.1 Å². The lowest BCUT2D eigenvalue weighted by molar-refractivity contribution is -0.872. The van der Waals surface area contributed by atoms with Gasteiger partial charge in [0, 0.05) is 18.2 Å². The molecule has 0 aromatic heterocycles. The first-order valence-electron chi connectivity index (χ1n) is 4.73. The molecule has 0 unspecified atom stereocenters. The van der Waals surface area contributed by atoms with E-state index in [1.165, 1.54) is 17.4 Å². The van der Waals surface area contributed by atoms with Crippen molar-refractivity contribution in [2.24, 2.45) is 0 Å². The molecule has 15 heavy (non-hydrogen) atoms. The van der Waals surface area contributed by atoms with Gasteiger partial charge in [0.05, 0.1) is 14.1 Å². The quantitative estimate of drug-likeness (QED) is 0.580. The van der Waals surface area contributed by atoms with Gasteiger partial charge in [-0.15, -0.1) is 0 Å². The topological polar surface area (TPSA) is 33.5 Å². The van der Waals surface area contributed by atoms with Crippen molar-refractivity contribution in [3.05, 3.63) is 29.8 Å². The SMILES string of the molecule is CC(=O)Nc1ccc(C[NH+](C)C)cc1.[Cl-]. The van der Waals surface area contributed by atoms with Crippen molar-refractivity contribution in [2.45, 2.75) is 13.5 Å².